The van der Waals surface area contributed by atoms with Crippen molar-refractivity contribution < 1.29 is 31.9 Å². The molecule has 0 heterocycles. The maximum absolute atomic E-state index is 13.7. The number of aromatic carboxylic acids is 1. The minimum Gasteiger partial charge on any atom is -0.478 e. The minimum absolute atomic E-state index is 0.537. The van der Waals surface area contributed by atoms with Crippen LogP contribution in [0, 0.1) is 0 Å². The fourth-order valence-electron chi connectivity index (χ4n) is 1.49. The first kappa shape index (κ1) is 22.2. The van der Waals surface area contributed by atoms with E-state index >= 15 is 0 Å². The Bertz CT molecular complexity index is 604. The number of rotatable bonds is 6. The van der Waals surface area contributed by atoms with E-state index in [-0.39, 0.29) is 0 Å². The molecule has 0 aliphatic carbocycles. The highest BCUT2D eigenvalue weighted by Crippen LogP contribution is 2.61. The van der Waals surface area contributed by atoms with E-state index in [1.807, 2.05) is 0 Å². The average molecular weight is 472 g/mol. The SMILES string of the molecule is O=C(O)c1cccc([N+](SC(F)(Cl)Cl)(SC(F)(Cl)Cl)C(F)(F)F)c1. The Labute approximate surface area is 160 Å². The second-order valence-corrected chi connectivity index (χ2v) is 10.1. The van der Waals surface area contributed by atoms with Crippen molar-refractivity contribution in [3.05, 3.63) is 29.8 Å². The highest BCUT2D eigenvalue weighted by molar-refractivity contribution is 8.18. The Hall–Kier alpha value is 0.160. The number of nitrogens with zero attached hydrogens (tertiary/aromatic N) is 1. The summed E-state index contributed by atoms with van der Waals surface area (Å²) in [6.45, 7) is 0. The standard InChI is InChI=1S/C10H4Cl4F5NO2S2/c11-8(12,15)23-20(10(17,18)19,24-9(13,14)16)6-3-1-2-5(4-6)7(21)22/h1-4H/p+1. The highest BCUT2D eigenvalue weighted by Gasteiger charge is 2.67. The molecule has 0 spiro atoms. The molecule has 1 aromatic rings. The van der Waals surface area contributed by atoms with Gasteiger partial charge in [-0.05, 0) is 52.5 Å². The number of alkyl halides is 9. The van der Waals surface area contributed by atoms with Crippen molar-refractivity contribution in [3.8, 4) is 0 Å². The maximum Gasteiger partial charge on any atom is 0.589 e. The molecule has 0 aromatic heterocycles. The molecule has 0 aliphatic rings. The van der Waals surface area contributed by atoms with E-state index in [1.165, 1.54) is 0 Å². The van der Waals surface area contributed by atoms with Crippen molar-refractivity contribution in [2.75, 3.05) is 0 Å². The highest BCUT2D eigenvalue weighted by atomic mass is 35.5. The van der Waals surface area contributed by atoms with Crippen LogP contribution >= 0.6 is 70.3 Å². The van der Waals surface area contributed by atoms with Gasteiger partial charge in [0.2, 0.25) is 0 Å². The van der Waals surface area contributed by atoms with E-state index in [1.54, 1.807) is 0 Å². The lowest BCUT2D eigenvalue weighted by atomic mass is 10.2. The molecule has 3 nitrogen and oxygen atoms in total. The molecule has 0 saturated heterocycles. The predicted molar refractivity (Wildman–Crippen MR) is 87.5 cm³/mol. The van der Waals surface area contributed by atoms with Crippen LogP contribution in [0.5, 0.6) is 0 Å². The Morgan fingerprint density at radius 2 is 1.46 bits per heavy atom. The van der Waals surface area contributed by atoms with Crippen LogP contribution in [0.2, 0.25) is 0 Å². The second-order valence-electron chi connectivity index (χ2n) is 3.95. The molecule has 1 aromatic carbocycles. The maximum atomic E-state index is 13.7. The normalized spacial score (nSPS) is 13.9. The summed E-state index contributed by atoms with van der Waals surface area (Å²) in [5.74, 6) is -1.57. The van der Waals surface area contributed by atoms with Crippen molar-refractivity contribution >= 4 is 82.0 Å². The van der Waals surface area contributed by atoms with Crippen molar-refractivity contribution in [1.29, 1.82) is 0 Å². The summed E-state index contributed by atoms with van der Waals surface area (Å²) in [6.07, 6.45) is -5.44. The molecule has 0 bridgehead atoms. The molecule has 14 heteroatoms. The summed E-state index contributed by atoms with van der Waals surface area (Å²) in [7, 11) is 0. The van der Waals surface area contributed by atoms with E-state index in [9.17, 15) is 26.7 Å². The van der Waals surface area contributed by atoms with Crippen LogP contribution in [0.4, 0.5) is 27.6 Å². The Balaban J connectivity index is 3.67. The zero-order chi connectivity index (χ0) is 19.0. The molecule has 0 radical (unpaired) electrons. The summed E-state index contributed by atoms with van der Waals surface area (Å²) in [5, 5.41) is 8.89. The quantitative estimate of drug-likeness (QED) is 0.166. The summed E-state index contributed by atoms with van der Waals surface area (Å²) in [4.78, 5) is 10.9. The lowest BCUT2D eigenvalue weighted by Gasteiger charge is -2.35. The van der Waals surface area contributed by atoms with Crippen molar-refractivity contribution in [2.45, 2.75) is 14.1 Å². The largest absolute Gasteiger partial charge is 0.589 e. The van der Waals surface area contributed by atoms with Gasteiger partial charge >= 0.3 is 20.1 Å². The molecule has 0 unspecified atom stereocenters. The number of carbonyl (C=O) groups is 1. The van der Waals surface area contributed by atoms with E-state index in [2.05, 4.69) is 0 Å². The van der Waals surface area contributed by atoms with Crippen LogP contribution in [0.3, 0.4) is 0 Å². The van der Waals surface area contributed by atoms with Crippen molar-refractivity contribution in [1.82, 2.24) is 3.29 Å². The third-order valence-corrected chi connectivity index (χ3v) is 5.27. The summed E-state index contributed by atoms with van der Waals surface area (Å²) in [5.41, 5.74) is -1.51. The van der Waals surface area contributed by atoms with E-state index < -0.39 is 58.5 Å². The van der Waals surface area contributed by atoms with Gasteiger partial charge in [0.1, 0.15) is 0 Å². The molecule has 1 rings (SSSR count). The van der Waals surface area contributed by atoms with E-state index in [0.717, 1.165) is 18.2 Å². The topological polar surface area (TPSA) is 37.3 Å². The fourth-order valence-corrected chi connectivity index (χ4v) is 5.21. The van der Waals surface area contributed by atoms with Gasteiger partial charge in [0.15, 0.2) is 29.6 Å². The van der Waals surface area contributed by atoms with Crippen LogP contribution < -0.4 is 3.29 Å². The van der Waals surface area contributed by atoms with Crippen molar-refractivity contribution in [2.24, 2.45) is 0 Å². The third kappa shape index (κ3) is 5.86. The number of hydrogen-bond acceptors (Lipinski definition) is 3. The Morgan fingerprint density at radius 3 is 1.79 bits per heavy atom. The first-order valence-electron chi connectivity index (χ1n) is 5.42. The van der Waals surface area contributed by atoms with Gasteiger partial charge in [-0.15, -0.1) is 13.2 Å². The predicted octanol–water partition coefficient (Wildman–Crippen LogP) is 6.63. The van der Waals surface area contributed by atoms with Gasteiger partial charge in [0, 0.05) is 12.1 Å². The van der Waals surface area contributed by atoms with Gasteiger partial charge in [-0.1, -0.05) is 9.36 Å². The zero-order valence-corrected chi connectivity index (χ0v) is 15.5. The van der Waals surface area contributed by atoms with E-state index in [0.29, 0.717) is 6.07 Å². The summed E-state index contributed by atoms with van der Waals surface area (Å²) >= 11 is 18.4. The number of halogens is 9. The monoisotopic (exact) mass is 470 g/mol. The molecule has 1 N–H and O–H groups in total. The summed E-state index contributed by atoms with van der Waals surface area (Å²) < 4.78 is 58.4. The van der Waals surface area contributed by atoms with Gasteiger partial charge < -0.3 is 5.11 Å². The van der Waals surface area contributed by atoms with E-state index in [4.69, 9.17) is 51.5 Å². The smallest absolute Gasteiger partial charge is 0.478 e. The number of quaternary nitrogens is 1. The summed E-state index contributed by atoms with van der Waals surface area (Å²) in [6, 6.07) is 3.21. The van der Waals surface area contributed by atoms with Crippen molar-refractivity contribution in [3.63, 3.8) is 0 Å². The molecule has 24 heavy (non-hydrogen) atoms. The molecule has 0 amide bonds. The Kier molecular flexibility index (Phi) is 6.86. The van der Waals surface area contributed by atoms with Crippen LogP contribution in [0.25, 0.3) is 0 Å². The average Bonchev–Trinajstić information content (AvgIpc) is 2.33. The number of benzene rings is 1. The molecule has 0 atom stereocenters. The first-order valence-corrected chi connectivity index (χ1v) is 8.48. The fraction of sp³-hybridized carbons (Fsp3) is 0.300. The Morgan fingerprint density at radius 1 is 1.00 bits per heavy atom. The molecule has 0 fully saturated rings. The third-order valence-electron chi connectivity index (χ3n) is 2.23. The molecule has 0 aliphatic heterocycles. The van der Waals surface area contributed by atoms with Gasteiger partial charge in [-0.2, -0.15) is 8.78 Å². The first-order chi connectivity index (χ1) is 10.6. The van der Waals surface area contributed by atoms with Gasteiger partial charge in [-0.3, -0.25) is 0 Å². The number of carboxylic acid groups (broad SMARTS) is 1. The van der Waals surface area contributed by atoms with Crippen LogP contribution in [-0.2, 0) is 0 Å². The van der Waals surface area contributed by atoms with Crippen LogP contribution in [-0.4, -0.2) is 25.2 Å². The lowest BCUT2D eigenvalue weighted by molar-refractivity contribution is -0.172. The lowest BCUT2D eigenvalue weighted by Crippen LogP contribution is -2.51. The molecule has 0 saturated carbocycles. The van der Waals surface area contributed by atoms with Crippen LogP contribution in [0.1, 0.15) is 10.4 Å². The second kappa shape index (κ2) is 7.42. The number of hydrogen-bond donors (Lipinski definition) is 1. The van der Waals surface area contributed by atoms with Gasteiger partial charge in [-0.25, -0.2) is 4.79 Å². The van der Waals surface area contributed by atoms with Gasteiger partial charge in [0.05, 0.1) is 5.56 Å². The molecular formula is C10H5Cl4F5NO2S2+. The number of carboxylic acids is 1. The van der Waals surface area contributed by atoms with Gasteiger partial charge in [0.25, 0.3) is 0 Å². The molecular weight excluding hydrogens is 467 g/mol. The minimum atomic E-state index is -5.44. The zero-order valence-electron chi connectivity index (χ0n) is 10.8. The van der Waals surface area contributed by atoms with Crippen LogP contribution in [0.15, 0.2) is 24.3 Å². The molecule has 136 valence electrons.